The van der Waals surface area contributed by atoms with Crippen molar-refractivity contribution in [2.45, 2.75) is 302 Å². The molecule has 0 aromatic carbocycles. The molecule has 2 fully saturated rings. The fraction of sp³-hybridized carbons (Fsp3) is 0.930. The summed E-state index contributed by atoms with van der Waals surface area (Å²) >= 11 is 0. The predicted molar refractivity (Wildman–Crippen MR) is 286 cm³/mol. The van der Waals surface area contributed by atoms with Gasteiger partial charge < -0.3 is 49.2 Å². The lowest BCUT2D eigenvalue weighted by molar-refractivity contribution is -0.375. The van der Waals surface area contributed by atoms with E-state index in [4.69, 9.17) is 27.9 Å². The molecule has 0 bridgehead atoms. The van der Waals surface area contributed by atoms with Crippen LogP contribution in [-0.2, 0) is 47.6 Å². The average molecular weight is 1060 g/mol. The molecule has 0 aromatic rings. The van der Waals surface area contributed by atoms with Crippen molar-refractivity contribution < 1.29 is 71.4 Å². The van der Waals surface area contributed by atoms with Crippen LogP contribution in [0.4, 0.5) is 0 Å². The summed E-state index contributed by atoms with van der Waals surface area (Å²) in [5.41, 5.74) is 0.260. The molecule has 16 heteroatoms. The molecule has 2 rings (SSSR count). The first-order valence-electron chi connectivity index (χ1n) is 29.1. The molecule has 0 saturated carbocycles. The van der Waals surface area contributed by atoms with Gasteiger partial charge in [-0.1, -0.05) is 214 Å². The normalized spacial score (nSPS) is 26.1. The zero-order valence-electron chi connectivity index (χ0n) is 46.6. The Morgan fingerprint density at radius 2 is 0.973 bits per heavy atom. The minimum absolute atomic E-state index is 0.00694. The smallest absolute Gasteiger partial charge is 0.333 e. The molecule has 73 heavy (non-hydrogen) atoms. The van der Waals surface area contributed by atoms with E-state index in [1.54, 1.807) is 6.92 Å². The molecular formula is C57H106O15S. The quantitative estimate of drug-likeness (QED) is 0.0166. The first-order valence-corrected chi connectivity index (χ1v) is 31.0. The summed E-state index contributed by atoms with van der Waals surface area (Å²) < 4.78 is 58.4. The lowest BCUT2D eigenvalue weighted by Crippen LogP contribution is -2.65. The van der Waals surface area contributed by atoms with Crippen LogP contribution in [0.1, 0.15) is 241 Å². The number of allylic oxidation sites excluding steroid dienone is 1. The van der Waals surface area contributed by atoms with E-state index in [1.807, 2.05) is 13.0 Å². The van der Waals surface area contributed by atoms with E-state index < -0.39 is 96.7 Å². The summed E-state index contributed by atoms with van der Waals surface area (Å²) in [5, 5.41) is 53.7. The van der Waals surface area contributed by atoms with E-state index in [1.165, 1.54) is 148 Å². The molecule has 0 aliphatic carbocycles. The molecule has 2 saturated heterocycles. The maximum absolute atomic E-state index is 13.9. The van der Waals surface area contributed by atoms with Gasteiger partial charge in [0.2, 0.25) is 6.29 Å². The van der Waals surface area contributed by atoms with Gasteiger partial charge in [0.05, 0.1) is 19.5 Å². The van der Waals surface area contributed by atoms with E-state index in [0.717, 1.165) is 44.8 Å². The van der Waals surface area contributed by atoms with Gasteiger partial charge in [0.1, 0.15) is 36.6 Å². The summed E-state index contributed by atoms with van der Waals surface area (Å²) in [5.74, 6) is -0.513. The third kappa shape index (κ3) is 29.0. The molecule has 430 valence electrons. The van der Waals surface area contributed by atoms with Crippen LogP contribution in [0.2, 0.25) is 0 Å². The highest BCUT2D eigenvalue weighted by atomic mass is 32.2. The molecule has 2 heterocycles. The Bertz CT molecular complexity index is 1560. The van der Waals surface area contributed by atoms with Crippen molar-refractivity contribution in [1.29, 1.82) is 0 Å². The van der Waals surface area contributed by atoms with Crippen molar-refractivity contribution in [3.63, 3.8) is 0 Å². The number of unbranched alkanes of at least 4 members (excludes halogenated alkanes) is 25. The summed E-state index contributed by atoms with van der Waals surface area (Å²) in [6.07, 6.45) is 21.7. The van der Waals surface area contributed by atoms with Gasteiger partial charge in [-0.15, -0.1) is 0 Å². The van der Waals surface area contributed by atoms with Crippen LogP contribution in [0.25, 0.3) is 0 Å². The van der Waals surface area contributed by atoms with E-state index in [-0.39, 0.29) is 17.9 Å². The van der Waals surface area contributed by atoms with Crippen LogP contribution in [0.15, 0.2) is 11.6 Å². The first kappa shape index (κ1) is 67.4. The SMILES string of the molecule is CCCCCCCCCCCCCCCC[C@H](C)C[C@H](C)C[C@H](C)/C=C(\C)C(=O)O[C@H]1[C@H](O)[C@@H](CO)O[C@H](O[C@H]2O[C@H](CO)[C@@H](O)[C@H](OS(C)(=O)=O)[C@H]2O)[C@@H]1OC(=O)CCCCCCCCCCCCCCC. The van der Waals surface area contributed by atoms with Gasteiger partial charge in [0, 0.05) is 12.0 Å². The Morgan fingerprint density at radius 1 is 0.548 bits per heavy atom. The van der Waals surface area contributed by atoms with Crippen molar-refractivity contribution in [3.8, 4) is 0 Å². The third-order valence-corrected chi connectivity index (χ3v) is 15.2. The maximum Gasteiger partial charge on any atom is 0.333 e. The van der Waals surface area contributed by atoms with E-state index in [0.29, 0.717) is 18.3 Å². The number of hydrogen-bond donors (Lipinski definition) is 5. The Morgan fingerprint density at radius 3 is 1.42 bits per heavy atom. The standard InChI is InChI=1S/C57H106O15S/c1-8-10-12-14-16-18-20-22-24-25-27-29-31-33-35-42(3)37-43(4)38-44(5)39-45(6)55(64)70-53-50(62)47(41-59)68-57(71-56-51(63)52(72-73(7,65)66)49(61)46(40-58)67-56)54(53)69-48(60)36-34-32-30-28-26-23-21-19-17-15-13-11-9-2/h39,42-44,46-47,49-54,56-59,61-63H,8-38,40-41H2,1-7H3/b45-39+/t42-,43-,44-,46+,47+,49+,50+,51+,52-,53-,54+,56+,57+/m0/s1. The Balaban J connectivity index is 2.05. The second-order valence-corrected chi connectivity index (χ2v) is 23.6. The van der Waals surface area contributed by atoms with Gasteiger partial charge in [-0.3, -0.25) is 8.98 Å². The minimum Gasteiger partial charge on any atom is -0.453 e. The lowest BCUT2D eigenvalue weighted by atomic mass is 9.86. The molecular weight excluding hydrogens is 957 g/mol. The molecule has 0 radical (unpaired) electrons. The molecule has 2 aliphatic rings. The maximum atomic E-state index is 13.9. The highest BCUT2D eigenvalue weighted by molar-refractivity contribution is 7.86. The van der Waals surface area contributed by atoms with Gasteiger partial charge in [0.25, 0.3) is 10.1 Å². The van der Waals surface area contributed by atoms with E-state index in [2.05, 4.69) is 27.7 Å². The number of aliphatic hydroxyl groups is 5. The Kier molecular flexibility index (Phi) is 36.6. The number of hydrogen-bond acceptors (Lipinski definition) is 15. The number of carbonyl (C=O) groups is 2. The van der Waals surface area contributed by atoms with Crippen LogP contribution in [-0.4, -0.2) is 127 Å². The van der Waals surface area contributed by atoms with Gasteiger partial charge >= 0.3 is 11.9 Å². The number of ether oxygens (including phenoxy) is 5. The second-order valence-electron chi connectivity index (χ2n) is 22.0. The van der Waals surface area contributed by atoms with Crippen molar-refractivity contribution in [3.05, 3.63) is 11.6 Å². The molecule has 2 aliphatic heterocycles. The van der Waals surface area contributed by atoms with Crippen molar-refractivity contribution >= 4 is 22.1 Å². The molecule has 0 amide bonds. The highest BCUT2D eigenvalue weighted by Gasteiger charge is 2.54. The van der Waals surface area contributed by atoms with Crippen molar-refractivity contribution in [2.24, 2.45) is 17.8 Å². The highest BCUT2D eigenvalue weighted by Crippen LogP contribution is 2.33. The fourth-order valence-electron chi connectivity index (χ4n) is 10.5. The van der Waals surface area contributed by atoms with E-state index >= 15 is 0 Å². The zero-order valence-corrected chi connectivity index (χ0v) is 47.5. The average Bonchev–Trinajstić information content (AvgIpc) is 3.33. The summed E-state index contributed by atoms with van der Waals surface area (Å²) in [7, 11) is -4.25. The van der Waals surface area contributed by atoms with Crippen LogP contribution in [0, 0.1) is 17.8 Å². The van der Waals surface area contributed by atoms with Gasteiger partial charge in [-0.2, -0.15) is 8.42 Å². The van der Waals surface area contributed by atoms with Crippen molar-refractivity contribution in [1.82, 2.24) is 0 Å². The Labute approximate surface area is 442 Å². The minimum atomic E-state index is -4.25. The second kappa shape index (κ2) is 39.6. The lowest BCUT2D eigenvalue weighted by Gasteiger charge is -2.46. The van der Waals surface area contributed by atoms with Gasteiger partial charge in [0.15, 0.2) is 18.5 Å². The molecule has 5 N–H and O–H groups in total. The van der Waals surface area contributed by atoms with Crippen LogP contribution >= 0.6 is 0 Å². The molecule has 0 unspecified atom stereocenters. The van der Waals surface area contributed by atoms with Crippen LogP contribution in [0.3, 0.4) is 0 Å². The monoisotopic (exact) mass is 1060 g/mol. The fourth-order valence-corrected chi connectivity index (χ4v) is 11.2. The Hall–Kier alpha value is -1.73. The molecule has 0 aromatic heterocycles. The van der Waals surface area contributed by atoms with Crippen LogP contribution < -0.4 is 0 Å². The molecule has 0 spiro atoms. The number of esters is 2. The molecule has 13 atom stereocenters. The van der Waals surface area contributed by atoms with Gasteiger partial charge in [-0.25, -0.2) is 4.79 Å². The molecule has 15 nitrogen and oxygen atoms in total. The van der Waals surface area contributed by atoms with Crippen LogP contribution in [0.5, 0.6) is 0 Å². The summed E-state index contributed by atoms with van der Waals surface area (Å²) in [6.45, 7) is 11.1. The summed E-state index contributed by atoms with van der Waals surface area (Å²) in [6, 6.07) is 0. The third-order valence-electron chi connectivity index (χ3n) is 14.7. The van der Waals surface area contributed by atoms with Crippen molar-refractivity contribution in [2.75, 3.05) is 19.5 Å². The predicted octanol–water partition coefficient (Wildman–Crippen LogP) is 10.7. The largest absolute Gasteiger partial charge is 0.453 e. The number of aliphatic hydroxyl groups excluding tert-OH is 5. The van der Waals surface area contributed by atoms with Gasteiger partial charge in [-0.05, 0) is 43.9 Å². The zero-order chi connectivity index (χ0) is 54.0. The number of carbonyl (C=O) groups excluding carboxylic acids is 2. The first-order chi connectivity index (χ1) is 35.0. The number of rotatable bonds is 43. The summed E-state index contributed by atoms with van der Waals surface area (Å²) in [4.78, 5) is 27.4. The topological polar surface area (TPSA) is 225 Å². The van der Waals surface area contributed by atoms with E-state index in [9.17, 15) is 43.5 Å².